The largest absolute Gasteiger partial charge is 0.355 e. The van der Waals surface area contributed by atoms with E-state index in [0.29, 0.717) is 24.5 Å². The van der Waals surface area contributed by atoms with Gasteiger partial charge in [0.25, 0.3) is 5.91 Å². The van der Waals surface area contributed by atoms with Gasteiger partial charge in [-0.3, -0.25) is 9.69 Å². The van der Waals surface area contributed by atoms with Crippen molar-refractivity contribution in [1.82, 2.24) is 24.5 Å². The van der Waals surface area contributed by atoms with E-state index in [1.807, 2.05) is 47.4 Å². The first kappa shape index (κ1) is 22.2. The van der Waals surface area contributed by atoms with E-state index >= 15 is 0 Å². The molecule has 36 heavy (non-hydrogen) atoms. The van der Waals surface area contributed by atoms with Crippen molar-refractivity contribution in [3.63, 3.8) is 0 Å². The number of hydrogen-bond donors (Lipinski definition) is 0. The van der Waals surface area contributed by atoms with Crippen LogP contribution in [0.5, 0.6) is 0 Å². The first-order chi connectivity index (χ1) is 17.7. The van der Waals surface area contributed by atoms with Gasteiger partial charge in [-0.1, -0.05) is 78.0 Å². The average molecular weight is 478 g/mol. The van der Waals surface area contributed by atoms with E-state index in [0.717, 1.165) is 48.6 Å². The Morgan fingerprint density at radius 1 is 0.806 bits per heavy atom. The zero-order valence-corrected chi connectivity index (χ0v) is 20.0. The van der Waals surface area contributed by atoms with Crippen LogP contribution in [0.2, 0.25) is 0 Å². The van der Waals surface area contributed by atoms with Gasteiger partial charge in [-0.05, 0) is 17.7 Å². The highest BCUT2D eigenvalue weighted by molar-refractivity contribution is 5.93. The molecule has 180 valence electrons. The van der Waals surface area contributed by atoms with Crippen molar-refractivity contribution in [2.45, 2.75) is 13.1 Å². The highest BCUT2D eigenvalue weighted by Crippen LogP contribution is 2.22. The predicted molar refractivity (Wildman–Crippen MR) is 138 cm³/mol. The molecule has 0 unspecified atom stereocenters. The smallest absolute Gasteiger partial charge is 0.276 e. The van der Waals surface area contributed by atoms with Crippen molar-refractivity contribution in [3.05, 3.63) is 108 Å². The van der Waals surface area contributed by atoms with Crippen molar-refractivity contribution in [2.75, 3.05) is 26.2 Å². The minimum absolute atomic E-state index is 0.0862. The molecule has 0 saturated carbocycles. The van der Waals surface area contributed by atoms with Gasteiger partial charge in [0.05, 0.1) is 17.6 Å². The number of para-hydroxylation sites is 2. The lowest BCUT2D eigenvalue weighted by molar-refractivity contribution is 0.0614. The van der Waals surface area contributed by atoms with E-state index in [1.165, 1.54) is 5.56 Å². The summed E-state index contributed by atoms with van der Waals surface area (Å²) in [6, 6.07) is 30.2. The van der Waals surface area contributed by atoms with E-state index in [-0.39, 0.29) is 5.91 Å². The quantitative estimate of drug-likeness (QED) is 0.355. The van der Waals surface area contributed by atoms with E-state index in [1.54, 1.807) is 6.07 Å². The molecule has 1 aliphatic heterocycles. The summed E-state index contributed by atoms with van der Waals surface area (Å²) < 4.78 is 7.74. The average Bonchev–Trinajstić information content (AvgIpc) is 3.56. The Balaban J connectivity index is 1.13. The lowest BCUT2D eigenvalue weighted by Gasteiger charge is -2.34. The minimum atomic E-state index is -0.0862. The number of imidazole rings is 1. The minimum Gasteiger partial charge on any atom is -0.355 e. The maximum absolute atomic E-state index is 13.1. The fourth-order valence-electron chi connectivity index (χ4n) is 4.77. The number of nitrogens with zero attached hydrogens (tertiary/aromatic N) is 5. The molecule has 0 radical (unpaired) electrons. The molecular weight excluding hydrogens is 450 g/mol. The Morgan fingerprint density at radius 3 is 2.28 bits per heavy atom. The van der Waals surface area contributed by atoms with Gasteiger partial charge < -0.3 is 14.0 Å². The molecule has 5 aromatic rings. The molecular formula is C29H27N5O2. The van der Waals surface area contributed by atoms with Crippen LogP contribution in [0.15, 0.2) is 95.5 Å². The molecule has 1 saturated heterocycles. The molecule has 0 spiro atoms. The van der Waals surface area contributed by atoms with Gasteiger partial charge in [0, 0.05) is 44.4 Å². The third-order valence-corrected chi connectivity index (χ3v) is 6.73. The summed E-state index contributed by atoms with van der Waals surface area (Å²) in [5.41, 5.74) is 4.67. The van der Waals surface area contributed by atoms with Gasteiger partial charge in [-0.2, -0.15) is 0 Å². The van der Waals surface area contributed by atoms with E-state index in [9.17, 15) is 4.79 Å². The van der Waals surface area contributed by atoms with Crippen LogP contribution < -0.4 is 0 Å². The van der Waals surface area contributed by atoms with Crippen LogP contribution in [0.1, 0.15) is 21.9 Å². The van der Waals surface area contributed by atoms with Crippen LogP contribution in [-0.4, -0.2) is 56.6 Å². The fraction of sp³-hybridized carbons (Fsp3) is 0.207. The Hall–Kier alpha value is -4.23. The number of fused-ring (bicyclic) bond motifs is 1. The van der Waals surface area contributed by atoms with Crippen LogP contribution in [0.4, 0.5) is 0 Å². The molecule has 1 amide bonds. The van der Waals surface area contributed by atoms with Crippen molar-refractivity contribution in [3.8, 4) is 11.3 Å². The zero-order valence-electron chi connectivity index (χ0n) is 20.0. The molecule has 3 heterocycles. The highest BCUT2D eigenvalue weighted by atomic mass is 16.5. The normalized spacial score (nSPS) is 14.4. The van der Waals surface area contributed by atoms with Crippen LogP contribution in [0.3, 0.4) is 0 Å². The number of aromatic nitrogens is 3. The lowest BCUT2D eigenvalue weighted by atomic mass is 10.1. The molecule has 7 nitrogen and oxygen atoms in total. The molecule has 6 rings (SSSR count). The first-order valence-corrected chi connectivity index (χ1v) is 12.3. The number of piperazine rings is 1. The van der Waals surface area contributed by atoms with Crippen LogP contribution in [0, 0.1) is 0 Å². The second-order valence-electron chi connectivity index (χ2n) is 9.10. The molecule has 2 aromatic heterocycles. The van der Waals surface area contributed by atoms with Crippen molar-refractivity contribution < 1.29 is 9.32 Å². The summed E-state index contributed by atoms with van der Waals surface area (Å²) >= 11 is 0. The topological polar surface area (TPSA) is 67.4 Å². The molecule has 3 aromatic carbocycles. The Morgan fingerprint density at radius 2 is 1.50 bits per heavy atom. The number of hydrogen-bond acceptors (Lipinski definition) is 5. The summed E-state index contributed by atoms with van der Waals surface area (Å²) in [7, 11) is 0. The second-order valence-corrected chi connectivity index (χ2v) is 9.10. The molecule has 0 N–H and O–H groups in total. The van der Waals surface area contributed by atoms with Crippen molar-refractivity contribution in [2.24, 2.45) is 0 Å². The third-order valence-electron chi connectivity index (χ3n) is 6.73. The van der Waals surface area contributed by atoms with Gasteiger partial charge in [-0.15, -0.1) is 0 Å². The summed E-state index contributed by atoms with van der Waals surface area (Å²) in [5.74, 6) is 1.57. The van der Waals surface area contributed by atoms with Gasteiger partial charge in [0.15, 0.2) is 11.5 Å². The number of benzene rings is 3. The fourth-order valence-corrected chi connectivity index (χ4v) is 4.77. The SMILES string of the molecule is O=C(c1cc(-c2ccccc2)on1)N1CCN(Cc2nc3ccccc3n2Cc2ccccc2)CC1. The lowest BCUT2D eigenvalue weighted by Crippen LogP contribution is -2.48. The van der Waals surface area contributed by atoms with Crippen molar-refractivity contribution >= 4 is 16.9 Å². The summed E-state index contributed by atoms with van der Waals surface area (Å²) in [4.78, 5) is 22.2. The van der Waals surface area contributed by atoms with Crippen LogP contribution >= 0.6 is 0 Å². The Labute approximate surface area is 209 Å². The Bertz CT molecular complexity index is 1470. The maximum atomic E-state index is 13.1. The van der Waals surface area contributed by atoms with Crippen LogP contribution in [-0.2, 0) is 13.1 Å². The van der Waals surface area contributed by atoms with Gasteiger partial charge in [0.2, 0.25) is 0 Å². The third kappa shape index (κ3) is 4.53. The van der Waals surface area contributed by atoms with Crippen molar-refractivity contribution in [1.29, 1.82) is 0 Å². The summed E-state index contributed by atoms with van der Waals surface area (Å²) in [5, 5.41) is 4.04. The molecule has 1 fully saturated rings. The molecule has 1 aliphatic rings. The van der Waals surface area contributed by atoms with E-state index in [2.05, 4.69) is 57.1 Å². The zero-order chi connectivity index (χ0) is 24.3. The number of carbonyl (C=O) groups is 1. The van der Waals surface area contributed by atoms with E-state index in [4.69, 9.17) is 9.51 Å². The molecule has 0 bridgehead atoms. The first-order valence-electron chi connectivity index (χ1n) is 12.3. The summed E-state index contributed by atoms with van der Waals surface area (Å²) in [6.07, 6.45) is 0. The maximum Gasteiger partial charge on any atom is 0.276 e. The molecule has 0 aliphatic carbocycles. The Kier molecular flexibility index (Phi) is 6.05. The second kappa shape index (κ2) is 9.79. The predicted octanol–water partition coefficient (Wildman–Crippen LogP) is 4.70. The van der Waals surface area contributed by atoms with E-state index < -0.39 is 0 Å². The summed E-state index contributed by atoms with van der Waals surface area (Å²) in [6.45, 7) is 4.38. The number of carbonyl (C=O) groups excluding carboxylic acids is 1. The number of rotatable bonds is 6. The van der Waals surface area contributed by atoms with Gasteiger partial charge in [0.1, 0.15) is 5.82 Å². The molecule has 7 heteroatoms. The monoisotopic (exact) mass is 477 g/mol. The van der Waals surface area contributed by atoms with Crippen LogP contribution in [0.25, 0.3) is 22.4 Å². The molecule has 0 atom stereocenters. The number of amides is 1. The highest BCUT2D eigenvalue weighted by Gasteiger charge is 2.26. The van der Waals surface area contributed by atoms with Gasteiger partial charge >= 0.3 is 0 Å². The van der Waals surface area contributed by atoms with Gasteiger partial charge in [-0.25, -0.2) is 4.98 Å². The standard InChI is InChI=1S/C29H27N5O2/c35-29(25-19-27(36-31-25)23-11-5-2-6-12-23)33-17-15-32(16-18-33)21-28-30-24-13-7-8-14-26(24)34(28)20-22-9-3-1-4-10-22/h1-14,19H,15-18,20-21H2.